The predicted octanol–water partition coefficient (Wildman–Crippen LogP) is -22.7. The number of ether oxygens (including phenoxy) is 19. The molecule has 0 aromatic heterocycles. The fourth-order valence-corrected chi connectivity index (χ4v) is 14.6. The van der Waals surface area contributed by atoms with Crippen LogP contribution in [0.2, 0.25) is 0 Å². The Morgan fingerprint density at radius 2 is 0.465 bits per heavy atom. The zero-order valence-electron chi connectivity index (χ0n) is 60.0. The number of carbonyl (C=O) groups is 1. The highest BCUT2D eigenvalue weighted by Crippen LogP contribution is 2.41. The van der Waals surface area contributed by atoms with E-state index in [4.69, 9.17) is 90.0 Å². The van der Waals surface area contributed by atoms with Crippen LogP contribution in [0.15, 0.2) is 0 Å². The summed E-state index contributed by atoms with van der Waals surface area (Å²) in [6.07, 6.45) is -107. The first-order valence-electron chi connectivity index (χ1n) is 36.2. The molecule has 0 aromatic carbocycles. The second kappa shape index (κ2) is 40.6. The van der Waals surface area contributed by atoms with Crippen LogP contribution in [0.25, 0.3) is 0 Å². The van der Waals surface area contributed by atoms with Crippen LogP contribution >= 0.6 is 0 Å². The first-order chi connectivity index (χ1) is 54.0. The van der Waals surface area contributed by atoms with Crippen LogP contribution in [-0.2, 0) is 94.8 Å². The molecule has 114 heavy (non-hydrogen) atoms. The molecule has 0 aromatic rings. The zero-order chi connectivity index (χ0) is 83.7. The average molecular weight is 1680 g/mol. The number of aliphatic hydroxyl groups excluding tert-OH is 31. The van der Waals surface area contributed by atoms with Gasteiger partial charge in [0.05, 0.1) is 66.1 Å². The summed E-state index contributed by atoms with van der Waals surface area (Å²) in [6, 6.07) is -1.81. The van der Waals surface area contributed by atoms with Crippen molar-refractivity contribution in [2.45, 2.75) is 314 Å². The minimum Gasteiger partial charge on any atom is -0.394 e. The number of hydrogen-bond acceptors (Lipinski definition) is 51. The van der Waals surface area contributed by atoms with E-state index in [9.17, 15) is 163 Å². The van der Waals surface area contributed by atoms with Crippen LogP contribution in [0.1, 0.15) is 6.92 Å². The van der Waals surface area contributed by atoms with E-state index in [-0.39, 0.29) is 0 Å². The van der Waals surface area contributed by atoms with Gasteiger partial charge in [-0.1, -0.05) is 0 Å². The minimum absolute atomic E-state index is 0.882. The number of hydrogen-bond donors (Lipinski definition) is 32. The van der Waals surface area contributed by atoms with E-state index in [0.717, 1.165) is 6.92 Å². The van der Waals surface area contributed by atoms with Crippen molar-refractivity contribution in [1.29, 1.82) is 0 Å². The van der Waals surface area contributed by atoms with Crippen LogP contribution in [0.3, 0.4) is 0 Å². The van der Waals surface area contributed by atoms with Crippen molar-refractivity contribution in [2.75, 3.05) is 66.1 Å². The fourth-order valence-electron chi connectivity index (χ4n) is 14.6. The van der Waals surface area contributed by atoms with Crippen molar-refractivity contribution in [2.24, 2.45) is 0 Å². The molecule has 0 saturated carbocycles. The molecule has 50 atom stereocenters. The van der Waals surface area contributed by atoms with Crippen molar-refractivity contribution in [3.8, 4) is 0 Å². The monoisotopic (exact) mass is 1680 g/mol. The molecular weight excluding hydrogens is 1570 g/mol. The smallest absolute Gasteiger partial charge is 0.217 e. The molecule has 10 aliphatic heterocycles. The average Bonchev–Trinajstić information content (AvgIpc) is 0.768. The van der Waals surface area contributed by atoms with E-state index in [1.165, 1.54) is 0 Å². The van der Waals surface area contributed by atoms with Gasteiger partial charge in [0.15, 0.2) is 62.9 Å². The Morgan fingerprint density at radius 3 is 0.789 bits per heavy atom. The number of aliphatic hydroxyl groups is 31. The first kappa shape index (κ1) is 93.7. The van der Waals surface area contributed by atoms with Crippen LogP contribution in [0.4, 0.5) is 0 Å². The molecule has 0 spiro atoms. The molecule has 0 radical (unpaired) electrons. The molecule has 664 valence electrons. The Morgan fingerprint density at radius 1 is 0.228 bits per heavy atom. The van der Waals surface area contributed by atoms with E-state index in [1.807, 2.05) is 0 Å². The summed E-state index contributed by atoms with van der Waals surface area (Å²) in [6.45, 7) is -10.3. The summed E-state index contributed by atoms with van der Waals surface area (Å²) in [5.74, 6) is -0.882. The Balaban J connectivity index is 0.999. The van der Waals surface area contributed by atoms with E-state index < -0.39 is 379 Å². The normalized spacial score (nSPS) is 52.6. The third-order valence-corrected chi connectivity index (χ3v) is 21.3. The van der Waals surface area contributed by atoms with E-state index in [0.29, 0.717) is 0 Å². The molecule has 1 amide bonds. The lowest BCUT2D eigenvalue weighted by Crippen LogP contribution is -2.69. The Bertz CT molecular complexity index is 2920. The maximum Gasteiger partial charge on any atom is 0.217 e. The first-order valence-corrected chi connectivity index (χ1v) is 36.2. The van der Waals surface area contributed by atoms with Crippen LogP contribution in [0.5, 0.6) is 0 Å². The quantitative estimate of drug-likeness (QED) is 0.0331. The van der Waals surface area contributed by atoms with Gasteiger partial charge >= 0.3 is 0 Å². The topological polar surface area (TPSA) is 832 Å². The SMILES string of the molecule is CC(=O)N[C@@H]1[C@@H](O)[C@H](O[C@@H]2O[C@H](CO[C@H]3O[C@H](CO[C@H]4O[C@H](CO)[C@@H](O)[C@H](O)[C@@H]4O[C@H]4O[C@H](CO)[C@@H](O)[C@H](O)[C@@H]4O)[C@@H](O)[C@H](O[C@H]4O[C@H](CO)[C@@H](O)[C@H](O)[C@@H]4O[C@H]4O[C@H](CO)[C@@H](O)[C@H](O)[C@@H]4O)[C@@H]3O)[C@@H](O)[C@H](O[C@H]3O[C@H](CO)[C@@H](O)[C@H](O)[C@@H]3O[C@H]3O[C@H](CO)[C@@H](O)[C@H](O)[C@@H]3O[C@H]3O[C@H](CO)[C@@H](O)[C@H](O)[C@@H]3O)[C@@H]2O)[C@@H](CO)O[C@H]1O. The van der Waals surface area contributed by atoms with Crippen LogP contribution in [-0.4, -0.2) is 537 Å². The molecule has 32 N–H and O–H groups in total. The van der Waals surface area contributed by atoms with Gasteiger partial charge in [0.25, 0.3) is 0 Å². The number of carbonyl (C=O) groups excluding carboxylic acids is 1. The number of nitrogens with one attached hydrogen (secondary N) is 1. The molecule has 52 heteroatoms. The van der Waals surface area contributed by atoms with Crippen molar-refractivity contribution < 1.29 is 253 Å². The molecule has 52 nitrogen and oxygen atoms in total. The standard InChI is InChI=1S/C62H105NO51/c1-12(72)63-23-33(82)46(20(9-71)98-53(23)95)108-58-45(94)48(110-61-52(40(89)30(79)18(7-69)104-61)114-62-51(39(88)29(78)19(8-70)105-62)113-57-43(92)36(85)26(75)15(4-66)101-57)32(81)22(107-58)10-96-54-44(93)47(109-60-50(38(87)28(77)17(6-68)103-60)112-56-42(91)35(84)25(74)14(3-65)100-56)31(80)21(106-54)11-97-59-49(37(86)27(76)16(5-67)102-59)111-55-41(90)34(83)24(73)13(2-64)99-55/h13-62,64-71,73-95H,2-11H2,1H3,(H,63,72)/t13-,14-,15-,16-,17-,18-,19-,20-,21-,22-,23-,24-,25-,26-,27-,28-,29-,30-,31-,32-,33-,34+,35+,36+,37+,38+,39+,40+,41+,42+,43+,44+,45+,46-,47+,48+,49+,50+,51+,52+,53-,54+,55-,56-,57-,58+,59+,60-,61-,62-/m1/s1. The fraction of sp³-hybridized carbons (Fsp3) is 0.984. The van der Waals surface area contributed by atoms with Gasteiger partial charge in [0, 0.05) is 6.92 Å². The molecule has 10 rings (SSSR count). The molecule has 10 fully saturated rings. The highest BCUT2D eigenvalue weighted by atomic mass is 16.8. The molecule has 10 saturated heterocycles. The van der Waals surface area contributed by atoms with E-state index in [2.05, 4.69) is 5.32 Å². The predicted molar refractivity (Wildman–Crippen MR) is 341 cm³/mol. The lowest BCUT2D eigenvalue weighted by Gasteiger charge is -2.50. The van der Waals surface area contributed by atoms with Crippen molar-refractivity contribution in [3.63, 3.8) is 0 Å². The Labute approximate surface area is 642 Å². The van der Waals surface area contributed by atoms with Crippen molar-refractivity contribution in [1.82, 2.24) is 5.32 Å². The van der Waals surface area contributed by atoms with Crippen molar-refractivity contribution >= 4 is 5.91 Å². The second-order valence-electron chi connectivity index (χ2n) is 28.8. The van der Waals surface area contributed by atoms with Gasteiger partial charge in [0.1, 0.15) is 244 Å². The van der Waals surface area contributed by atoms with Gasteiger partial charge in [-0.2, -0.15) is 0 Å². The Kier molecular flexibility index (Phi) is 33.4. The summed E-state index contributed by atoms with van der Waals surface area (Å²) >= 11 is 0. The highest BCUT2D eigenvalue weighted by molar-refractivity contribution is 5.73. The van der Waals surface area contributed by atoms with Crippen LogP contribution in [0, 0.1) is 0 Å². The van der Waals surface area contributed by atoms with Crippen LogP contribution < -0.4 is 5.32 Å². The second-order valence-corrected chi connectivity index (χ2v) is 28.8. The van der Waals surface area contributed by atoms with Gasteiger partial charge in [-0.25, -0.2) is 0 Å². The minimum atomic E-state index is -2.57. The molecule has 0 bridgehead atoms. The van der Waals surface area contributed by atoms with E-state index in [1.54, 1.807) is 0 Å². The maximum atomic E-state index is 12.6. The zero-order valence-corrected chi connectivity index (χ0v) is 60.0. The molecule has 0 aliphatic carbocycles. The summed E-state index contributed by atoms with van der Waals surface area (Å²) < 4.78 is 111. The molecule has 10 aliphatic rings. The van der Waals surface area contributed by atoms with Gasteiger partial charge < -0.3 is 254 Å². The maximum absolute atomic E-state index is 12.6. The molecule has 10 heterocycles. The van der Waals surface area contributed by atoms with Gasteiger partial charge in [-0.3, -0.25) is 4.79 Å². The number of rotatable bonds is 29. The lowest BCUT2D eigenvalue weighted by atomic mass is 9.94. The Hall–Kier alpha value is -2.53. The lowest BCUT2D eigenvalue weighted by molar-refractivity contribution is -0.408. The highest BCUT2D eigenvalue weighted by Gasteiger charge is 2.61. The van der Waals surface area contributed by atoms with Gasteiger partial charge in [-0.05, 0) is 0 Å². The van der Waals surface area contributed by atoms with Gasteiger partial charge in [0.2, 0.25) is 5.91 Å². The third kappa shape index (κ3) is 19.7. The summed E-state index contributed by atoms with van der Waals surface area (Å²) in [7, 11) is 0. The molecule has 0 unspecified atom stereocenters. The summed E-state index contributed by atoms with van der Waals surface area (Å²) in [5, 5.41) is 344. The van der Waals surface area contributed by atoms with Gasteiger partial charge in [-0.15, -0.1) is 0 Å². The third-order valence-electron chi connectivity index (χ3n) is 21.3. The molecular formula is C62H105NO51. The number of amides is 1. The summed E-state index contributed by atoms with van der Waals surface area (Å²) in [5.41, 5.74) is 0. The largest absolute Gasteiger partial charge is 0.394 e. The van der Waals surface area contributed by atoms with Crippen molar-refractivity contribution in [3.05, 3.63) is 0 Å². The van der Waals surface area contributed by atoms with E-state index >= 15 is 0 Å². The summed E-state index contributed by atoms with van der Waals surface area (Å²) in [4.78, 5) is 12.4.